The van der Waals surface area contributed by atoms with Gasteiger partial charge in [-0.25, -0.2) is 0 Å². The van der Waals surface area contributed by atoms with Crippen molar-refractivity contribution in [3.63, 3.8) is 0 Å². The van der Waals surface area contributed by atoms with Crippen molar-refractivity contribution in [2.75, 3.05) is 12.3 Å². The van der Waals surface area contributed by atoms with Crippen LogP contribution in [0.4, 0.5) is 0 Å². The third-order valence-corrected chi connectivity index (χ3v) is 7.61. The molecule has 0 aromatic carbocycles. The normalized spacial score (nSPS) is 11.4. The van der Waals surface area contributed by atoms with Crippen LogP contribution < -0.4 is 5.30 Å². The van der Waals surface area contributed by atoms with E-state index in [1.54, 1.807) is 10.2 Å². The Labute approximate surface area is 125 Å². The molecule has 110 valence electrons. The van der Waals surface area contributed by atoms with Crippen LogP contribution in [0, 0.1) is 6.92 Å². The van der Waals surface area contributed by atoms with Gasteiger partial charge in [-0.05, 0) is 48.8 Å². The van der Waals surface area contributed by atoms with Gasteiger partial charge in [-0.3, -0.25) is 0 Å². The largest absolute Gasteiger partial charge is 0.149 e. The average molecular weight is 298 g/mol. The molecule has 1 rings (SSSR count). The summed E-state index contributed by atoms with van der Waals surface area (Å²) < 4.78 is 0. The van der Waals surface area contributed by atoms with Crippen molar-refractivity contribution in [3.05, 3.63) is 16.3 Å². The van der Waals surface area contributed by atoms with Gasteiger partial charge in [0, 0.05) is 4.88 Å². The first-order chi connectivity index (χ1) is 9.29. The van der Waals surface area contributed by atoms with E-state index in [-0.39, 0.29) is 7.92 Å². The Kier molecular flexibility index (Phi) is 9.82. The van der Waals surface area contributed by atoms with Gasteiger partial charge < -0.3 is 0 Å². The Bertz CT molecular complexity index is 307. The zero-order chi connectivity index (χ0) is 13.9. The molecule has 0 N–H and O–H groups in total. The van der Waals surface area contributed by atoms with Crippen LogP contribution in [0.15, 0.2) is 11.4 Å². The molecule has 2 heteroatoms. The molecule has 19 heavy (non-hydrogen) atoms. The molecule has 1 aromatic rings. The molecule has 1 aromatic heterocycles. The second kappa shape index (κ2) is 10.9. The zero-order valence-electron chi connectivity index (χ0n) is 13.1. The molecule has 0 atom stereocenters. The minimum atomic E-state index is 0.138. The highest BCUT2D eigenvalue weighted by Crippen LogP contribution is 2.39. The lowest BCUT2D eigenvalue weighted by Gasteiger charge is -2.18. The predicted octanol–water partition coefficient (Wildman–Crippen LogP) is 6.32. The topological polar surface area (TPSA) is 0 Å². The van der Waals surface area contributed by atoms with E-state index in [9.17, 15) is 0 Å². The molecule has 0 amide bonds. The second-order valence-electron chi connectivity index (χ2n) is 5.47. The third kappa shape index (κ3) is 6.91. The molecular formula is C17H31PS. The van der Waals surface area contributed by atoms with Crippen molar-refractivity contribution in [2.24, 2.45) is 0 Å². The molecule has 0 saturated carbocycles. The molecule has 0 fully saturated rings. The maximum atomic E-state index is 2.41. The van der Waals surface area contributed by atoms with Crippen LogP contribution in [0.3, 0.4) is 0 Å². The molecule has 0 radical (unpaired) electrons. The molecular weight excluding hydrogens is 267 g/mol. The Balaban J connectivity index is 2.41. The highest BCUT2D eigenvalue weighted by molar-refractivity contribution is 7.66. The summed E-state index contributed by atoms with van der Waals surface area (Å²) in [5.41, 5.74) is 0. The first-order valence-electron chi connectivity index (χ1n) is 8.08. The van der Waals surface area contributed by atoms with Crippen LogP contribution in [0.25, 0.3) is 0 Å². The van der Waals surface area contributed by atoms with Gasteiger partial charge >= 0.3 is 0 Å². The van der Waals surface area contributed by atoms with E-state index in [0.29, 0.717) is 0 Å². The second-order valence-corrected chi connectivity index (χ2v) is 9.05. The molecule has 0 aliphatic carbocycles. The number of thiophene rings is 1. The first-order valence-corrected chi connectivity index (χ1v) is 10.7. The van der Waals surface area contributed by atoms with E-state index >= 15 is 0 Å². The lowest BCUT2D eigenvalue weighted by Crippen LogP contribution is -2.07. The van der Waals surface area contributed by atoms with Crippen LogP contribution in [0.5, 0.6) is 0 Å². The van der Waals surface area contributed by atoms with Crippen molar-refractivity contribution in [1.82, 2.24) is 0 Å². The van der Waals surface area contributed by atoms with Gasteiger partial charge in [-0.1, -0.05) is 60.3 Å². The van der Waals surface area contributed by atoms with Gasteiger partial charge in [-0.15, -0.1) is 11.3 Å². The highest BCUT2D eigenvalue weighted by atomic mass is 32.1. The van der Waals surface area contributed by atoms with Crippen molar-refractivity contribution >= 4 is 24.6 Å². The Morgan fingerprint density at radius 3 is 1.89 bits per heavy atom. The Hall–Kier alpha value is 0.130. The van der Waals surface area contributed by atoms with Crippen molar-refractivity contribution in [2.45, 2.75) is 72.1 Å². The molecule has 0 nitrogen and oxygen atoms in total. The van der Waals surface area contributed by atoms with Gasteiger partial charge in [0.25, 0.3) is 0 Å². The standard InChI is InChI=1S/C17H31PS/c1-4-6-8-10-13-18(14-11-9-7-5-2)17-12-15-19-16(17)3/h12,15H,4-11,13-14H2,1-3H3. The summed E-state index contributed by atoms with van der Waals surface area (Å²) in [4.78, 5) is 1.58. The van der Waals surface area contributed by atoms with Gasteiger partial charge in [0.1, 0.15) is 0 Å². The fourth-order valence-electron chi connectivity index (χ4n) is 2.52. The summed E-state index contributed by atoms with van der Waals surface area (Å²) in [5.74, 6) is 0. The summed E-state index contributed by atoms with van der Waals surface area (Å²) in [6, 6.07) is 2.41. The molecule has 0 bridgehead atoms. The quantitative estimate of drug-likeness (QED) is 0.331. The molecule has 0 aliphatic heterocycles. The van der Waals surface area contributed by atoms with E-state index < -0.39 is 0 Å². The van der Waals surface area contributed by atoms with Gasteiger partial charge in [0.15, 0.2) is 0 Å². The van der Waals surface area contributed by atoms with Crippen molar-refractivity contribution in [1.29, 1.82) is 0 Å². The van der Waals surface area contributed by atoms with E-state index in [2.05, 4.69) is 32.2 Å². The summed E-state index contributed by atoms with van der Waals surface area (Å²) >= 11 is 1.94. The summed E-state index contributed by atoms with van der Waals surface area (Å²) in [6.07, 6.45) is 14.3. The van der Waals surface area contributed by atoms with Crippen molar-refractivity contribution < 1.29 is 0 Å². The maximum Gasteiger partial charge on any atom is 0.00909 e. The summed E-state index contributed by atoms with van der Waals surface area (Å²) in [5, 5.41) is 4.01. The minimum Gasteiger partial charge on any atom is -0.149 e. The summed E-state index contributed by atoms with van der Waals surface area (Å²) in [7, 11) is 0.138. The lowest BCUT2D eigenvalue weighted by atomic mass is 10.2. The number of hydrogen-bond donors (Lipinski definition) is 0. The molecule has 1 heterocycles. The summed E-state index contributed by atoms with van der Waals surface area (Å²) in [6.45, 7) is 6.92. The van der Waals surface area contributed by atoms with Gasteiger partial charge in [0.05, 0.1) is 0 Å². The number of hydrogen-bond acceptors (Lipinski definition) is 1. The molecule has 0 saturated heterocycles. The number of unbranched alkanes of at least 4 members (excludes halogenated alkanes) is 6. The predicted molar refractivity (Wildman–Crippen MR) is 93.6 cm³/mol. The van der Waals surface area contributed by atoms with E-state index in [4.69, 9.17) is 0 Å². The monoisotopic (exact) mass is 298 g/mol. The highest BCUT2D eigenvalue weighted by Gasteiger charge is 2.13. The van der Waals surface area contributed by atoms with Crippen LogP contribution in [0.2, 0.25) is 0 Å². The van der Waals surface area contributed by atoms with Crippen LogP contribution in [0.1, 0.15) is 70.1 Å². The molecule has 0 aliphatic rings. The average Bonchev–Trinajstić information content (AvgIpc) is 2.83. The minimum absolute atomic E-state index is 0.138. The molecule has 0 unspecified atom stereocenters. The fraction of sp³-hybridized carbons (Fsp3) is 0.765. The Morgan fingerprint density at radius 1 is 0.895 bits per heavy atom. The Morgan fingerprint density at radius 2 is 1.47 bits per heavy atom. The lowest BCUT2D eigenvalue weighted by molar-refractivity contribution is 0.697. The molecule has 0 spiro atoms. The smallest absolute Gasteiger partial charge is 0.00909 e. The van der Waals surface area contributed by atoms with Crippen LogP contribution in [-0.2, 0) is 0 Å². The zero-order valence-corrected chi connectivity index (χ0v) is 14.8. The van der Waals surface area contributed by atoms with Crippen molar-refractivity contribution in [3.8, 4) is 0 Å². The maximum absolute atomic E-state index is 2.41. The van der Waals surface area contributed by atoms with Gasteiger partial charge in [-0.2, -0.15) is 0 Å². The van der Waals surface area contributed by atoms with Crippen LogP contribution in [-0.4, -0.2) is 12.3 Å². The third-order valence-electron chi connectivity index (χ3n) is 3.74. The number of rotatable bonds is 11. The van der Waals surface area contributed by atoms with Crippen LogP contribution >= 0.6 is 19.3 Å². The first kappa shape index (κ1) is 17.2. The number of aryl methyl sites for hydroxylation is 1. The van der Waals surface area contributed by atoms with E-state index in [1.165, 1.54) is 63.7 Å². The van der Waals surface area contributed by atoms with Gasteiger partial charge in [0.2, 0.25) is 0 Å². The SMILES string of the molecule is CCCCCCP(CCCCCC)c1ccsc1C. The van der Waals surface area contributed by atoms with E-state index in [1.807, 2.05) is 11.3 Å². The fourth-order valence-corrected chi connectivity index (χ4v) is 6.41. The van der Waals surface area contributed by atoms with E-state index in [0.717, 1.165) is 0 Å².